The lowest BCUT2D eigenvalue weighted by Crippen LogP contribution is -2.23. The van der Waals surface area contributed by atoms with Gasteiger partial charge in [-0.15, -0.1) is 0 Å². The molecule has 0 fully saturated rings. The molecule has 4 rings (SSSR count). The molecule has 7 nitrogen and oxygen atoms in total. The standard InChI is InChI=1S/C22H20N4O3/c1-14-10-15(2)12-16(11-14)24-22(28)20-25-19(18-7-3-4-8-26(18)20)21(27)23-13-17-6-5-9-29-17/h3-12H,13H2,1-2H3,(H,23,27)(H,24,28). The van der Waals surface area contributed by atoms with E-state index in [2.05, 4.69) is 15.6 Å². The predicted molar refractivity (Wildman–Crippen MR) is 109 cm³/mol. The van der Waals surface area contributed by atoms with Crippen LogP contribution in [0.5, 0.6) is 0 Å². The van der Waals surface area contributed by atoms with Gasteiger partial charge in [-0.3, -0.25) is 14.0 Å². The molecule has 3 aromatic heterocycles. The van der Waals surface area contributed by atoms with Gasteiger partial charge in [-0.25, -0.2) is 4.98 Å². The molecule has 0 unspecified atom stereocenters. The fraction of sp³-hybridized carbons (Fsp3) is 0.136. The summed E-state index contributed by atoms with van der Waals surface area (Å²) in [5.74, 6) is 0.00870. The second kappa shape index (κ2) is 7.63. The molecule has 0 saturated carbocycles. The molecule has 29 heavy (non-hydrogen) atoms. The number of carbonyl (C=O) groups is 2. The highest BCUT2D eigenvalue weighted by molar-refractivity contribution is 6.06. The molecule has 0 atom stereocenters. The third-order valence-corrected chi connectivity index (χ3v) is 4.45. The van der Waals surface area contributed by atoms with Crippen LogP contribution in [0.1, 0.15) is 38.0 Å². The van der Waals surface area contributed by atoms with Crippen molar-refractivity contribution in [1.82, 2.24) is 14.7 Å². The Balaban J connectivity index is 1.62. The third kappa shape index (κ3) is 3.89. The van der Waals surface area contributed by atoms with Crippen LogP contribution in [-0.2, 0) is 6.54 Å². The Bertz CT molecular complexity index is 1170. The maximum absolute atomic E-state index is 12.9. The first-order valence-electron chi connectivity index (χ1n) is 9.18. The van der Waals surface area contributed by atoms with Crippen LogP contribution in [0.3, 0.4) is 0 Å². The van der Waals surface area contributed by atoms with Gasteiger partial charge in [-0.05, 0) is 61.4 Å². The van der Waals surface area contributed by atoms with Gasteiger partial charge >= 0.3 is 0 Å². The molecule has 7 heteroatoms. The van der Waals surface area contributed by atoms with Crippen molar-refractivity contribution < 1.29 is 14.0 Å². The second-order valence-electron chi connectivity index (χ2n) is 6.83. The first kappa shape index (κ1) is 18.5. The van der Waals surface area contributed by atoms with E-state index in [1.807, 2.05) is 32.0 Å². The summed E-state index contributed by atoms with van der Waals surface area (Å²) in [5.41, 5.74) is 3.51. The number of imidazole rings is 1. The molecule has 4 aromatic rings. The van der Waals surface area contributed by atoms with Crippen molar-refractivity contribution in [3.05, 3.63) is 89.4 Å². The van der Waals surface area contributed by atoms with Gasteiger partial charge in [0, 0.05) is 11.9 Å². The normalized spacial score (nSPS) is 10.8. The molecule has 0 aliphatic rings. The molecule has 0 bridgehead atoms. The van der Waals surface area contributed by atoms with Crippen LogP contribution in [-0.4, -0.2) is 21.2 Å². The molecule has 1 aromatic carbocycles. The van der Waals surface area contributed by atoms with Crippen molar-refractivity contribution in [2.45, 2.75) is 20.4 Å². The lowest BCUT2D eigenvalue weighted by molar-refractivity contribution is 0.0945. The maximum Gasteiger partial charge on any atom is 0.292 e. The number of nitrogens with zero attached hydrogens (tertiary/aromatic N) is 2. The minimum atomic E-state index is -0.388. The van der Waals surface area contributed by atoms with Crippen LogP contribution in [0.4, 0.5) is 5.69 Å². The van der Waals surface area contributed by atoms with E-state index in [1.54, 1.807) is 47.2 Å². The Labute approximate surface area is 167 Å². The largest absolute Gasteiger partial charge is 0.467 e. The smallest absolute Gasteiger partial charge is 0.292 e. The van der Waals surface area contributed by atoms with Crippen LogP contribution in [0.2, 0.25) is 0 Å². The van der Waals surface area contributed by atoms with Gasteiger partial charge in [-0.2, -0.15) is 0 Å². The van der Waals surface area contributed by atoms with Gasteiger partial charge in [0.05, 0.1) is 18.3 Å². The number of hydrogen-bond donors (Lipinski definition) is 2. The molecule has 2 N–H and O–H groups in total. The molecule has 0 spiro atoms. The number of rotatable bonds is 5. The van der Waals surface area contributed by atoms with Crippen LogP contribution < -0.4 is 10.6 Å². The van der Waals surface area contributed by atoms with E-state index >= 15 is 0 Å². The predicted octanol–water partition coefficient (Wildman–Crippen LogP) is 3.73. The van der Waals surface area contributed by atoms with Gasteiger partial charge in [0.1, 0.15) is 5.76 Å². The molecule has 0 aliphatic carbocycles. The minimum Gasteiger partial charge on any atom is -0.467 e. The molecular formula is C22H20N4O3. The van der Waals surface area contributed by atoms with E-state index in [-0.39, 0.29) is 29.9 Å². The van der Waals surface area contributed by atoms with E-state index in [9.17, 15) is 9.59 Å². The van der Waals surface area contributed by atoms with Crippen LogP contribution in [0.15, 0.2) is 65.4 Å². The fourth-order valence-electron chi connectivity index (χ4n) is 3.26. The number of benzene rings is 1. The van der Waals surface area contributed by atoms with E-state index in [0.717, 1.165) is 11.1 Å². The second-order valence-corrected chi connectivity index (χ2v) is 6.83. The van der Waals surface area contributed by atoms with Gasteiger partial charge in [0.25, 0.3) is 11.8 Å². The van der Waals surface area contributed by atoms with E-state index in [4.69, 9.17) is 4.42 Å². The molecule has 146 valence electrons. The number of furan rings is 1. The summed E-state index contributed by atoms with van der Waals surface area (Å²) >= 11 is 0. The number of carbonyl (C=O) groups excluding carboxylic acids is 2. The quantitative estimate of drug-likeness (QED) is 0.545. The number of nitrogens with one attached hydrogen (secondary N) is 2. The van der Waals surface area contributed by atoms with Crippen molar-refractivity contribution in [1.29, 1.82) is 0 Å². The summed E-state index contributed by atoms with van der Waals surface area (Å²) in [6.45, 7) is 4.17. The SMILES string of the molecule is Cc1cc(C)cc(NC(=O)c2nc(C(=O)NCc3ccco3)c3ccccn23)c1. The number of fused-ring (bicyclic) bond motifs is 1. The summed E-state index contributed by atoms with van der Waals surface area (Å²) < 4.78 is 6.84. The number of aryl methyl sites for hydroxylation is 2. The maximum atomic E-state index is 12.9. The average Bonchev–Trinajstić information content (AvgIpc) is 3.33. The third-order valence-electron chi connectivity index (χ3n) is 4.45. The summed E-state index contributed by atoms with van der Waals surface area (Å²) in [6.07, 6.45) is 3.25. The summed E-state index contributed by atoms with van der Waals surface area (Å²) in [5, 5.41) is 5.64. The summed E-state index contributed by atoms with van der Waals surface area (Å²) in [6, 6.07) is 14.7. The van der Waals surface area contributed by atoms with Gasteiger partial charge in [0.15, 0.2) is 5.69 Å². The first-order valence-corrected chi connectivity index (χ1v) is 9.18. The van der Waals surface area contributed by atoms with E-state index in [0.29, 0.717) is 17.0 Å². The lowest BCUT2D eigenvalue weighted by Gasteiger charge is -2.07. The Morgan fingerprint density at radius 2 is 1.83 bits per heavy atom. The van der Waals surface area contributed by atoms with Crippen molar-refractivity contribution >= 4 is 23.0 Å². The van der Waals surface area contributed by atoms with Crippen LogP contribution >= 0.6 is 0 Å². The Hall–Kier alpha value is -3.87. The van der Waals surface area contributed by atoms with E-state index < -0.39 is 0 Å². The molecule has 3 heterocycles. The monoisotopic (exact) mass is 388 g/mol. The zero-order valence-corrected chi connectivity index (χ0v) is 16.1. The van der Waals surface area contributed by atoms with Gasteiger partial charge in [0.2, 0.25) is 5.82 Å². The molecule has 2 amide bonds. The Morgan fingerprint density at radius 3 is 2.55 bits per heavy atom. The Kier molecular flexibility index (Phi) is 4.87. The van der Waals surface area contributed by atoms with Crippen molar-refractivity contribution in [2.24, 2.45) is 0 Å². The van der Waals surface area contributed by atoms with Crippen LogP contribution in [0, 0.1) is 13.8 Å². The van der Waals surface area contributed by atoms with Crippen LogP contribution in [0.25, 0.3) is 5.52 Å². The molecule has 0 radical (unpaired) electrons. The summed E-state index contributed by atoms with van der Waals surface area (Å²) in [4.78, 5) is 29.9. The highest BCUT2D eigenvalue weighted by atomic mass is 16.3. The molecule has 0 saturated heterocycles. The number of anilines is 1. The number of pyridine rings is 1. The lowest BCUT2D eigenvalue weighted by atomic mass is 10.1. The Morgan fingerprint density at radius 1 is 1.03 bits per heavy atom. The highest BCUT2D eigenvalue weighted by Crippen LogP contribution is 2.17. The first-order chi connectivity index (χ1) is 14.0. The van der Waals surface area contributed by atoms with E-state index in [1.165, 1.54) is 0 Å². The zero-order chi connectivity index (χ0) is 20.4. The molecule has 0 aliphatic heterocycles. The zero-order valence-electron chi connectivity index (χ0n) is 16.1. The highest BCUT2D eigenvalue weighted by Gasteiger charge is 2.21. The van der Waals surface area contributed by atoms with Gasteiger partial charge in [-0.1, -0.05) is 12.1 Å². The average molecular weight is 388 g/mol. The summed E-state index contributed by atoms with van der Waals surface area (Å²) in [7, 11) is 0. The molecular weight excluding hydrogens is 368 g/mol. The van der Waals surface area contributed by atoms with Gasteiger partial charge < -0.3 is 15.1 Å². The topological polar surface area (TPSA) is 88.6 Å². The number of amides is 2. The van der Waals surface area contributed by atoms with Crippen molar-refractivity contribution in [3.8, 4) is 0 Å². The number of hydrogen-bond acceptors (Lipinski definition) is 4. The van der Waals surface area contributed by atoms with Crippen molar-refractivity contribution in [2.75, 3.05) is 5.32 Å². The number of aromatic nitrogens is 2. The fourth-order valence-corrected chi connectivity index (χ4v) is 3.26. The van der Waals surface area contributed by atoms with Crippen molar-refractivity contribution in [3.63, 3.8) is 0 Å². The minimum absolute atomic E-state index is 0.142.